The van der Waals surface area contributed by atoms with Crippen LogP contribution in [0.1, 0.15) is 10.4 Å². The zero-order valence-corrected chi connectivity index (χ0v) is 17.1. The fourth-order valence-corrected chi connectivity index (χ4v) is 4.05. The molecule has 5 nitrogen and oxygen atoms in total. The molecule has 2 N–H and O–H groups in total. The maximum Gasteiger partial charge on any atom is 0.248 e. The molecular formula is C22H17ClN4OS. The van der Waals surface area contributed by atoms with Crippen LogP contribution in [-0.2, 0) is 7.05 Å². The number of imidazole rings is 1. The van der Waals surface area contributed by atoms with E-state index in [1.807, 2.05) is 60.1 Å². The molecule has 0 aliphatic rings. The van der Waals surface area contributed by atoms with Crippen LogP contribution in [0, 0.1) is 0 Å². The van der Waals surface area contributed by atoms with Crippen molar-refractivity contribution in [3.63, 3.8) is 0 Å². The van der Waals surface area contributed by atoms with Gasteiger partial charge >= 0.3 is 0 Å². The van der Waals surface area contributed by atoms with E-state index in [4.69, 9.17) is 22.3 Å². The summed E-state index contributed by atoms with van der Waals surface area (Å²) in [5, 5.41) is 1.66. The molecule has 1 amide bonds. The highest BCUT2D eigenvalue weighted by Gasteiger charge is 2.19. The number of hydrogen-bond acceptors (Lipinski definition) is 4. The second-order valence-corrected chi connectivity index (χ2v) is 7.89. The SMILES string of the molecule is Cn1c(-c2cccnc2)nc(-c2ccc(C(N)=O)cc2)c1Sc1ccc(Cl)cc1. The first-order valence-electron chi connectivity index (χ1n) is 8.83. The van der Waals surface area contributed by atoms with Crippen molar-refractivity contribution >= 4 is 29.3 Å². The van der Waals surface area contributed by atoms with Gasteiger partial charge in [0, 0.05) is 46.0 Å². The van der Waals surface area contributed by atoms with Gasteiger partial charge in [0.05, 0.1) is 0 Å². The highest BCUT2D eigenvalue weighted by atomic mass is 35.5. The Labute approximate surface area is 177 Å². The standard InChI is InChI=1S/C22H17ClN4OS/c1-27-21(16-3-2-12-25-13-16)26-19(14-4-6-15(7-5-14)20(24)28)22(27)29-18-10-8-17(23)9-11-18/h2-13H,1H3,(H2,24,28). The van der Waals surface area contributed by atoms with Crippen LogP contribution >= 0.6 is 23.4 Å². The van der Waals surface area contributed by atoms with E-state index < -0.39 is 5.91 Å². The molecular weight excluding hydrogens is 404 g/mol. The van der Waals surface area contributed by atoms with Gasteiger partial charge in [-0.2, -0.15) is 0 Å². The third-order valence-corrected chi connectivity index (χ3v) is 5.85. The van der Waals surface area contributed by atoms with Crippen LogP contribution in [0.3, 0.4) is 0 Å². The normalized spacial score (nSPS) is 10.8. The number of aromatic nitrogens is 3. The van der Waals surface area contributed by atoms with Gasteiger partial charge in [-0.05, 0) is 48.5 Å². The van der Waals surface area contributed by atoms with Crippen LogP contribution in [0.15, 0.2) is 83.0 Å². The molecule has 0 unspecified atom stereocenters. The molecule has 0 radical (unpaired) electrons. The molecule has 0 aliphatic heterocycles. The molecule has 0 spiro atoms. The van der Waals surface area contributed by atoms with E-state index in [9.17, 15) is 4.79 Å². The Morgan fingerprint density at radius 3 is 2.38 bits per heavy atom. The quantitative estimate of drug-likeness (QED) is 0.490. The molecule has 0 bridgehead atoms. The Hall–Kier alpha value is -3.09. The Morgan fingerprint density at radius 1 is 1.03 bits per heavy atom. The van der Waals surface area contributed by atoms with Gasteiger partial charge in [-0.1, -0.05) is 35.5 Å². The number of hydrogen-bond donors (Lipinski definition) is 1. The minimum Gasteiger partial charge on any atom is -0.366 e. The lowest BCUT2D eigenvalue weighted by molar-refractivity contribution is 0.100. The average Bonchev–Trinajstić information content (AvgIpc) is 3.06. The average molecular weight is 421 g/mol. The van der Waals surface area contributed by atoms with Crippen molar-refractivity contribution < 1.29 is 4.79 Å². The number of carbonyl (C=O) groups excluding carboxylic acids is 1. The summed E-state index contributed by atoms with van der Waals surface area (Å²) in [5.74, 6) is 0.355. The van der Waals surface area contributed by atoms with E-state index in [-0.39, 0.29) is 0 Å². The summed E-state index contributed by atoms with van der Waals surface area (Å²) in [6.45, 7) is 0. The lowest BCUT2D eigenvalue weighted by Gasteiger charge is -2.08. The minimum atomic E-state index is -0.454. The highest BCUT2D eigenvalue weighted by Crippen LogP contribution is 2.38. The summed E-state index contributed by atoms with van der Waals surface area (Å²) in [7, 11) is 1.98. The molecule has 0 atom stereocenters. The van der Waals surface area contributed by atoms with Crippen molar-refractivity contribution in [2.75, 3.05) is 0 Å². The van der Waals surface area contributed by atoms with Crippen molar-refractivity contribution in [2.24, 2.45) is 12.8 Å². The molecule has 2 heterocycles. The number of nitrogens with two attached hydrogens (primary N) is 1. The van der Waals surface area contributed by atoms with Gasteiger partial charge in [-0.3, -0.25) is 9.78 Å². The first-order valence-corrected chi connectivity index (χ1v) is 10.0. The van der Waals surface area contributed by atoms with Crippen LogP contribution in [0.4, 0.5) is 0 Å². The Morgan fingerprint density at radius 2 is 1.76 bits per heavy atom. The van der Waals surface area contributed by atoms with Gasteiger partial charge < -0.3 is 10.3 Å². The van der Waals surface area contributed by atoms with E-state index >= 15 is 0 Å². The summed E-state index contributed by atoms with van der Waals surface area (Å²) >= 11 is 7.63. The molecule has 0 saturated heterocycles. The van der Waals surface area contributed by atoms with E-state index in [1.54, 1.807) is 36.3 Å². The summed E-state index contributed by atoms with van der Waals surface area (Å²) in [6.07, 6.45) is 3.53. The third kappa shape index (κ3) is 4.04. The zero-order valence-electron chi connectivity index (χ0n) is 15.5. The molecule has 2 aromatic heterocycles. The molecule has 7 heteroatoms. The molecule has 144 valence electrons. The second-order valence-electron chi connectivity index (χ2n) is 6.39. The lowest BCUT2D eigenvalue weighted by atomic mass is 10.1. The van der Waals surface area contributed by atoms with E-state index in [2.05, 4.69) is 4.98 Å². The molecule has 4 rings (SSSR count). The Kier molecular flexibility index (Phi) is 5.38. The van der Waals surface area contributed by atoms with Crippen LogP contribution in [0.2, 0.25) is 5.02 Å². The van der Waals surface area contributed by atoms with Crippen molar-refractivity contribution in [2.45, 2.75) is 9.92 Å². The van der Waals surface area contributed by atoms with Crippen molar-refractivity contribution in [1.29, 1.82) is 0 Å². The smallest absolute Gasteiger partial charge is 0.248 e. The highest BCUT2D eigenvalue weighted by molar-refractivity contribution is 7.99. The molecule has 0 aliphatic carbocycles. The number of pyridine rings is 1. The fourth-order valence-electron chi connectivity index (χ4n) is 2.95. The molecule has 2 aromatic carbocycles. The predicted molar refractivity (Wildman–Crippen MR) is 116 cm³/mol. The van der Waals surface area contributed by atoms with E-state index in [0.29, 0.717) is 10.6 Å². The number of benzene rings is 2. The molecule has 4 aromatic rings. The van der Waals surface area contributed by atoms with Gasteiger partial charge in [0.2, 0.25) is 5.91 Å². The maximum absolute atomic E-state index is 11.4. The van der Waals surface area contributed by atoms with Gasteiger partial charge in [0.1, 0.15) is 16.5 Å². The van der Waals surface area contributed by atoms with E-state index in [0.717, 1.165) is 32.6 Å². The monoisotopic (exact) mass is 420 g/mol. The molecule has 0 fully saturated rings. The molecule has 29 heavy (non-hydrogen) atoms. The van der Waals surface area contributed by atoms with Gasteiger partial charge in [0.25, 0.3) is 0 Å². The second kappa shape index (κ2) is 8.11. The Balaban J connectivity index is 1.83. The van der Waals surface area contributed by atoms with Crippen LogP contribution < -0.4 is 5.73 Å². The van der Waals surface area contributed by atoms with Crippen molar-refractivity contribution in [1.82, 2.24) is 14.5 Å². The van der Waals surface area contributed by atoms with Crippen LogP contribution in [0.25, 0.3) is 22.6 Å². The molecule has 0 saturated carbocycles. The number of halogens is 1. The lowest BCUT2D eigenvalue weighted by Crippen LogP contribution is -2.10. The number of rotatable bonds is 5. The summed E-state index contributed by atoms with van der Waals surface area (Å²) in [4.78, 5) is 21.6. The number of amides is 1. The van der Waals surface area contributed by atoms with Crippen LogP contribution in [-0.4, -0.2) is 20.4 Å². The Bertz CT molecular complexity index is 1160. The number of primary amides is 1. The van der Waals surface area contributed by atoms with Gasteiger partial charge in [-0.25, -0.2) is 4.98 Å². The van der Waals surface area contributed by atoms with Gasteiger partial charge in [0.15, 0.2) is 0 Å². The zero-order chi connectivity index (χ0) is 20.4. The van der Waals surface area contributed by atoms with Crippen molar-refractivity contribution in [3.05, 3.63) is 83.6 Å². The largest absolute Gasteiger partial charge is 0.366 e. The summed E-state index contributed by atoms with van der Waals surface area (Å²) in [6, 6.07) is 18.7. The van der Waals surface area contributed by atoms with Gasteiger partial charge in [-0.15, -0.1) is 0 Å². The maximum atomic E-state index is 11.4. The summed E-state index contributed by atoms with van der Waals surface area (Å²) in [5.41, 5.74) is 8.48. The first kappa shape index (κ1) is 19.2. The van der Waals surface area contributed by atoms with Crippen molar-refractivity contribution in [3.8, 4) is 22.6 Å². The number of nitrogens with zero attached hydrogens (tertiary/aromatic N) is 3. The summed E-state index contributed by atoms with van der Waals surface area (Å²) < 4.78 is 2.05. The number of carbonyl (C=O) groups is 1. The van der Waals surface area contributed by atoms with E-state index in [1.165, 1.54) is 0 Å². The third-order valence-electron chi connectivity index (χ3n) is 4.43. The van der Waals surface area contributed by atoms with Crippen LogP contribution in [0.5, 0.6) is 0 Å². The first-order chi connectivity index (χ1) is 14.0. The fraction of sp³-hybridized carbons (Fsp3) is 0.0455. The topological polar surface area (TPSA) is 73.8 Å². The minimum absolute atomic E-state index is 0.454. The predicted octanol–water partition coefficient (Wildman–Crippen LogP) is 5.05.